The number of carbonyl (C=O) groups is 1. The first kappa shape index (κ1) is 21.1. The number of carbonyl (C=O) groups excluding carboxylic acids is 1. The van der Waals surface area contributed by atoms with E-state index in [0.29, 0.717) is 39.0 Å². The number of amides is 1. The van der Waals surface area contributed by atoms with Crippen LogP contribution in [0.1, 0.15) is 18.7 Å². The second kappa shape index (κ2) is 9.35. The Hall–Kier alpha value is -2.12. The highest BCUT2D eigenvalue weighted by Gasteiger charge is 2.26. The Balaban J connectivity index is 1.31. The van der Waals surface area contributed by atoms with Gasteiger partial charge in [0, 0.05) is 16.5 Å². The molecule has 9 heteroatoms. The quantitative estimate of drug-likeness (QED) is 0.535. The zero-order chi connectivity index (χ0) is 21.1. The summed E-state index contributed by atoms with van der Waals surface area (Å²) in [5, 5.41) is 8.49. The average Bonchev–Trinajstić information content (AvgIpc) is 3.20. The predicted molar refractivity (Wildman–Crippen MR) is 118 cm³/mol. The number of piperidine rings is 1. The van der Waals surface area contributed by atoms with E-state index in [-0.39, 0.29) is 11.8 Å². The van der Waals surface area contributed by atoms with Crippen LogP contribution in [-0.4, -0.2) is 34.0 Å². The summed E-state index contributed by atoms with van der Waals surface area (Å²) in [6.07, 6.45) is 1.46. The van der Waals surface area contributed by atoms with Crippen LogP contribution in [0.4, 0.5) is 5.69 Å². The summed E-state index contributed by atoms with van der Waals surface area (Å²) >= 11 is 18.3. The molecule has 3 aromatic rings. The van der Waals surface area contributed by atoms with Crippen molar-refractivity contribution in [3.63, 3.8) is 0 Å². The fourth-order valence-corrected chi connectivity index (χ4v) is 4.00. The summed E-state index contributed by atoms with van der Waals surface area (Å²) in [4.78, 5) is 19.3. The van der Waals surface area contributed by atoms with Crippen molar-refractivity contribution in [3.8, 4) is 11.4 Å². The first-order valence-electron chi connectivity index (χ1n) is 9.55. The lowest BCUT2D eigenvalue weighted by Crippen LogP contribution is -2.37. The average molecular weight is 466 g/mol. The number of hydrogen-bond donors (Lipinski definition) is 1. The third-order valence-electron chi connectivity index (χ3n) is 5.09. The van der Waals surface area contributed by atoms with Gasteiger partial charge >= 0.3 is 0 Å². The maximum atomic E-state index is 12.6. The molecule has 1 aliphatic heterocycles. The molecule has 0 spiro atoms. The number of nitrogens with one attached hydrogen (secondary N) is 1. The summed E-state index contributed by atoms with van der Waals surface area (Å²) in [6.45, 7) is 2.04. The second-order valence-electron chi connectivity index (χ2n) is 7.16. The van der Waals surface area contributed by atoms with Crippen LogP contribution in [0.2, 0.25) is 15.1 Å². The lowest BCUT2D eigenvalue weighted by Gasteiger charge is -2.30. The van der Waals surface area contributed by atoms with Crippen LogP contribution in [0.25, 0.3) is 11.4 Å². The van der Waals surface area contributed by atoms with E-state index in [1.165, 1.54) is 0 Å². The standard InChI is InChI=1S/C21H19Cl3N4O2/c22-14-5-6-17(24)18(11-14)25-21(29)13-7-9-28(10-8-13)12-19-26-20(27-30-19)15-3-1-2-4-16(15)23/h1-6,11,13H,7-10,12H2,(H,25,29). The molecule has 4 rings (SSSR count). The number of benzene rings is 2. The molecule has 1 aromatic heterocycles. The molecule has 1 saturated heterocycles. The Morgan fingerprint density at radius 2 is 1.87 bits per heavy atom. The number of halogens is 3. The van der Waals surface area contributed by atoms with Crippen molar-refractivity contribution in [3.05, 3.63) is 63.4 Å². The van der Waals surface area contributed by atoms with Crippen LogP contribution in [0.15, 0.2) is 47.0 Å². The molecule has 1 N–H and O–H groups in total. The molecule has 1 aliphatic rings. The van der Waals surface area contributed by atoms with Crippen molar-refractivity contribution in [1.29, 1.82) is 0 Å². The minimum atomic E-state index is -0.0855. The van der Waals surface area contributed by atoms with Crippen LogP contribution in [0.3, 0.4) is 0 Å². The molecule has 30 heavy (non-hydrogen) atoms. The van der Waals surface area contributed by atoms with Crippen molar-refractivity contribution in [2.24, 2.45) is 5.92 Å². The number of hydrogen-bond acceptors (Lipinski definition) is 5. The molecule has 1 amide bonds. The molecule has 6 nitrogen and oxygen atoms in total. The van der Waals surface area contributed by atoms with Crippen molar-refractivity contribution >= 4 is 46.4 Å². The number of likely N-dealkylation sites (tertiary alicyclic amines) is 1. The van der Waals surface area contributed by atoms with E-state index in [4.69, 9.17) is 39.3 Å². The Kier molecular flexibility index (Phi) is 6.58. The lowest BCUT2D eigenvalue weighted by atomic mass is 9.96. The number of rotatable bonds is 5. The van der Waals surface area contributed by atoms with Crippen molar-refractivity contribution in [2.75, 3.05) is 18.4 Å². The van der Waals surface area contributed by atoms with Gasteiger partial charge in [0.05, 0.1) is 22.3 Å². The first-order chi connectivity index (χ1) is 14.5. The van der Waals surface area contributed by atoms with Crippen LogP contribution in [-0.2, 0) is 11.3 Å². The molecule has 0 unspecified atom stereocenters. The van der Waals surface area contributed by atoms with Gasteiger partial charge in [-0.15, -0.1) is 0 Å². The highest BCUT2D eigenvalue weighted by Crippen LogP contribution is 2.28. The molecule has 0 bridgehead atoms. The van der Waals surface area contributed by atoms with E-state index in [1.807, 2.05) is 18.2 Å². The smallest absolute Gasteiger partial charge is 0.241 e. The van der Waals surface area contributed by atoms with Gasteiger partial charge in [0.2, 0.25) is 17.6 Å². The molecular weight excluding hydrogens is 447 g/mol. The number of anilines is 1. The van der Waals surface area contributed by atoms with E-state index in [0.717, 1.165) is 31.5 Å². The largest absolute Gasteiger partial charge is 0.338 e. The van der Waals surface area contributed by atoms with Gasteiger partial charge in [0.1, 0.15) is 0 Å². The van der Waals surface area contributed by atoms with Crippen molar-refractivity contribution in [2.45, 2.75) is 19.4 Å². The maximum Gasteiger partial charge on any atom is 0.241 e. The molecule has 2 heterocycles. The normalized spacial score (nSPS) is 15.3. The Morgan fingerprint density at radius 1 is 1.10 bits per heavy atom. The molecule has 0 saturated carbocycles. The van der Waals surface area contributed by atoms with E-state index < -0.39 is 0 Å². The molecule has 0 atom stereocenters. The number of nitrogens with zero attached hydrogens (tertiary/aromatic N) is 3. The topological polar surface area (TPSA) is 71.3 Å². The van der Waals surface area contributed by atoms with Crippen LogP contribution in [0.5, 0.6) is 0 Å². The Bertz CT molecular complexity index is 1050. The molecular formula is C21H19Cl3N4O2. The van der Waals surface area contributed by atoms with Gasteiger partial charge in [-0.1, -0.05) is 52.1 Å². The summed E-state index contributed by atoms with van der Waals surface area (Å²) in [6, 6.07) is 12.4. The van der Waals surface area contributed by atoms with E-state index >= 15 is 0 Å². The monoisotopic (exact) mass is 464 g/mol. The summed E-state index contributed by atoms with van der Waals surface area (Å²) in [5.41, 5.74) is 1.28. The van der Waals surface area contributed by atoms with Gasteiger partial charge < -0.3 is 9.84 Å². The molecule has 0 radical (unpaired) electrons. The highest BCUT2D eigenvalue weighted by atomic mass is 35.5. The van der Waals surface area contributed by atoms with Gasteiger partial charge in [-0.05, 0) is 56.3 Å². The molecule has 1 fully saturated rings. The van der Waals surface area contributed by atoms with E-state index in [9.17, 15) is 4.79 Å². The molecule has 156 valence electrons. The van der Waals surface area contributed by atoms with Gasteiger partial charge in [0.25, 0.3) is 0 Å². The fourth-order valence-electron chi connectivity index (χ4n) is 3.44. The Labute approximate surface area is 189 Å². The van der Waals surface area contributed by atoms with E-state index in [1.54, 1.807) is 24.3 Å². The van der Waals surface area contributed by atoms with Gasteiger partial charge in [-0.2, -0.15) is 4.98 Å². The molecule has 2 aromatic carbocycles. The predicted octanol–water partition coefficient (Wildman–Crippen LogP) is 5.55. The second-order valence-corrected chi connectivity index (χ2v) is 8.41. The minimum Gasteiger partial charge on any atom is -0.338 e. The van der Waals surface area contributed by atoms with Crippen LogP contribution >= 0.6 is 34.8 Å². The first-order valence-corrected chi connectivity index (χ1v) is 10.7. The minimum absolute atomic E-state index is 0.0439. The Morgan fingerprint density at radius 3 is 2.63 bits per heavy atom. The third-order valence-corrected chi connectivity index (χ3v) is 5.98. The maximum absolute atomic E-state index is 12.6. The summed E-state index contributed by atoms with van der Waals surface area (Å²) in [7, 11) is 0. The fraction of sp³-hybridized carbons (Fsp3) is 0.286. The molecule has 0 aliphatic carbocycles. The zero-order valence-corrected chi connectivity index (χ0v) is 18.2. The third kappa shape index (κ3) is 4.95. The summed E-state index contributed by atoms with van der Waals surface area (Å²) < 4.78 is 5.39. The van der Waals surface area contributed by atoms with Gasteiger partial charge in [0.15, 0.2) is 0 Å². The van der Waals surface area contributed by atoms with Crippen LogP contribution < -0.4 is 5.32 Å². The highest BCUT2D eigenvalue weighted by molar-refractivity contribution is 6.35. The van der Waals surface area contributed by atoms with Crippen LogP contribution in [0, 0.1) is 5.92 Å². The van der Waals surface area contributed by atoms with E-state index in [2.05, 4.69) is 20.4 Å². The lowest BCUT2D eigenvalue weighted by molar-refractivity contribution is -0.121. The van der Waals surface area contributed by atoms with Crippen molar-refractivity contribution in [1.82, 2.24) is 15.0 Å². The zero-order valence-electron chi connectivity index (χ0n) is 15.9. The van der Waals surface area contributed by atoms with Crippen molar-refractivity contribution < 1.29 is 9.32 Å². The van der Waals surface area contributed by atoms with Gasteiger partial charge in [-0.3, -0.25) is 9.69 Å². The summed E-state index contributed by atoms with van der Waals surface area (Å²) in [5.74, 6) is 0.872. The van der Waals surface area contributed by atoms with Gasteiger partial charge in [-0.25, -0.2) is 0 Å². The SMILES string of the molecule is O=C(Nc1cc(Cl)ccc1Cl)C1CCN(Cc2nc(-c3ccccc3Cl)no2)CC1. The number of aromatic nitrogens is 2.